The molecule has 1 rings (SSSR count). The molecule has 1 aromatic heterocycles. The number of nitrogen functional groups attached to an aromatic ring is 1. The van der Waals surface area contributed by atoms with Crippen LogP contribution in [0.1, 0.15) is 44.0 Å². The molecule has 0 bridgehead atoms. The minimum atomic E-state index is -0.448. The highest BCUT2D eigenvalue weighted by Crippen LogP contribution is 2.16. The summed E-state index contributed by atoms with van der Waals surface area (Å²) in [5.74, 6) is 0.774. The number of hydrogen-bond donors (Lipinski definition) is 1. The number of nitrogens with two attached hydrogens (primary N) is 1. The van der Waals surface area contributed by atoms with Crippen LogP contribution in [0.4, 0.5) is 5.82 Å². The summed E-state index contributed by atoms with van der Waals surface area (Å²) in [6.45, 7) is 9.94. The van der Waals surface area contributed by atoms with Gasteiger partial charge in [-0.2, -0.15) is 0 Å². The van der Waals surface area contributed by atoms with Gasteiger partial charge in [-0.3, -0.25) is 0 Å². The maximum absolute atomic E-state index is 11.8. The molecule has 0 atom stereocenters. The largest absolute Gasteiger partial charge is 0.461 e. The third kappa shape index (κ3) is 3.72. The number of rotatable bonds is 7. The molecule has 114 valence electrons. The second-order valence-corrected chi connectivity index (χ2v) is 5.06. The number of carbonyl (C=O) groups is 1. The molecular weight excluding hydrogens is 256 g/mol. The van der Waals surface area contributed by atoms with Gasteiger partial charge in [-0.25, -0.2) is 9.78 Å². The van der Waals surface area contributed by atoms with Crippen LogP contribution in [0.3, 0.4) is 0 Å². The Hall–Kier alpha value is -1.56. The molecule has 0 radical (unpaired) electrons. The van der Waals surface area contributed by atoms with Crippen molar-refractivity contribution in [3.63, 3.8) is 0 Å². The Balaban J connectivity index is 2.92. The van der Waals surface area contributed by atoms with Crippen molar-refractivity contribution in [2.75, 3.05) is 25.9 Å². The molecule has 0 amide bonds. The molecule has 0 saturated carbocycles. The van der Waals surface area contributed by atoms with Crippen molar-refractivity contribution < 1.29 is 9.53 Å². The highest BCUT2D eigenvalue weighted by Gasteiger charge is 2.20. The Morgan fingerprint density at radius 3 is 2.60 bits per heavy atom. The molecule has 0 saturated heterocycles. The van der Waals surface area contributed by atoms with E-state index in [0.29, 0.717) is 18.5 Å². The number of ether oxygens (including phenoxy) is 1. The van der Waals surface area contributed by atoms with E-state index in [-0.39, 0.29) is 5.69 Å². The summed E-state index contributed by atoms with van der Waals surface area (Å²) in [6, 6.07) is 0.467. The fourth-order valence-corrected chi connectivity index (χ4v) is 1.90. The first-order valence-electron chi connectivity index (χ1n) is 7.14. The molecular formula is C14H26N4O2. The zero-order valence-electron chi connectivity index (χ0n) is 13.1. The molecule has 6 heteroatoms. The van der Waals surface area contributed by atoms with Crippen LogP contribution >= 0.6 is 0 Å². The van der Waals surface area contributed by atoms with Crippen LogP contribution in [-0.2, 0) is 17.7 Å². The number of nitrogens with zero attached hydrogens (tertiary/aromatic N) is 3. The topological polar surface area (TPSA) is 73.4 Å². The first kappa shape index (κ1) is 16.5. The van der Waals surface area contributed by atoms with Gasteiger partial charge in [-0.05, 0) is 27.8 Å². The van der Waals surface area contributed by atoms with Crippen LogP contribution in [0.25, 0.3) is 0 Å². The summed E-state index contributed by atoms with van der Waals surface area (Å²) in [7, 11) is 2.07. The molecule has 0 fully saturated rings. The predicted octanol–water partition coefficient (Wildman–Crippen LogP) is 1.54. The van der Waals surface area contributed by atoms with Crippen LogP contribution in [0.15, 0.2) is 0 Å². The standard InChI is InChI=1S/C14H26N4O2/c1-6-11-16-12(14(19)20-7-2)13(15)18(11)9-8-17(5)10(3)4/h10H,6-9,15H2,1-5H3. The van der Waals surface area contributed by atoms with Gasteiger partial charge in [0.25, 0.3) is 0 Å². The number of hydrogen-bond acceptors (Lipinski definition) is 5. The second-order valence-electron chi connectivity index (χ2n) is 5.06. The average molecular weight is 282 g/mol. The fourth-order valence-electron chi connectivity index (χ4n) is 1.90. The summed E-state index contributed by atoms with van der Waals surface area (Å²) < 4.78 is 6.89. The Labute approximate surface area is 120 Å². The minimum absolute atomic E-state index is 0.232. The van der Waals surface area contributed by atoms with Crippen molar-refractivity contribution in [2.45, 2.75) is 46.7 Å². The Morgan fingerprint density at radius 1 is 1.45 bits per heavy atom. The third-order valence-electron chi connectivity index (χ3n) is 3.43. The van der Waals surface area contributed by atoms with E-state index in [9.17, 15) is 4.79 Å². The summed E-state index contributed by atoms with van der Waals surface area (Å²) >= 11 is 0. The lowest BCUT2D eigenvalue weighted by Gasteiger charge is -2.21. The zero-order valence-corrected chi connectivity index (χ0v) is 13.1. The second kappa shape index (κ2) is 7.28. The van der Waals surface area contributed by atoms with E-state index >= 15 is 0 Å². The lowest BCUT2D eigenvalue weighted by atomic mass is 10.3. The Morgan fingerprint density at radius 2 is 2.10 bits per heavy atom. The molecule has 2 N–H and O–H groups in total. The summed E-state index contributed by atoms with van der Waals surface area (Å²) in [5, 5.41) is 0. The van der Waals surface area contributed by atoms with Gasteiger partial charge >= 0.3 is 5.97 Å². The van der Waals surface area contributed by atoms with Gasteiger partial charge in [0.05, 0.1) is 6.61 Å². The normalized spacial score (nSPS) is 11.3. The molecule has 1 aromatic rings. The van der Waals surface area contributed by atoms with Gasteiger partial charge < -0.3 is 19.9 Å². The Bertz CT molecular complexity index is 454. The van der Waals surface area contributed by atoms with Crippen molar-refractivity contribution in [3.8, 4) is 0 Å². The molecule has 20 heavy (non-hydrogen) atoms. The number of carbonyl (C=O) groups excluding carboxylic acids is 1. The van der Waals surface area contributed by atoms with Crippen LogP contribution < -0.4 is 5.73 Å². The summed E-state index contributed by atoms with van der Waals surface area (Å²) in [6.07, 6.45) is 0.731. The number of aryl methyl sites for hydroxylation is 1. The third-order valence-corrected chi connectivity index (χ3v) is 3.43. The number of imidazole rings is 1. The molecule has 0 spiro atoms. The molecule has 1 heterocycles. The van der Waals surface area contributed by atoms with E-state index in [0.717, 1.165) is 25.3 Å². The average Bonchev–Trinajstić information content (AvgIpc) is 2.72. The SMILES string of the molecule is CCOC(=O)c1nc(CC)n(CCN(C)C(C)C)c1N. The smallest absolute Gasteiger partial charge is 0.360 e. The molecule has 0 aromatic carbocycles. The lowest BCUT2D eigenvalue weighted by molar-refractivity contribution is 0.0521. The quantitative estimate of drug-likeness (QED) is 0.768. The number of esters is 1. The van der Waals surface area contributed by atoms with Gasteiger partial charge in [-0.1, -0.05) is 6.92 Å². The number of likely N-dealkylation sites (N-methyl/N-ethyl adjacent to an activating group) is 1. The van der Waals surface area contributed by atoms with Crippen molar-refractivity contribution in [1.29, 1.82) is 0 Å². The lowest BCUT2D eigenvalue weighted by Crippen LogP contribution is -2.30. The van der Waals surface area contributed by atoms with E-state index in [4.69, 9.17) is 10.5 Å². The van der Waals surface area contributed by atoms with E-state index in [1.54, 1.807) is 6.92 Å². The van der Waals surface area contributed by atoms with Crippen LogP contribution in [0.5, 0.6) is 0 Å². The van der Waals surface area contributed by atoms with Crippen LogP contribution in [0.2, 0.25) is 0 Å². The van der Waals surface area contributed by atoms with Gasteiger partial charge in [0.15, 0.2) is 5.69 Å². The maximum atomic E-state index is 11.8. The molecule has 0 aliphatic rings. The van der Waals surface area contributed by atoms with E-state index in [1.807, 2.05) is 11.5 Å². The monoisotopic (exact) mass is 282 g/mol. The first-order valence-corrected chi connectivity index (χ1v) is 7.14. The molecule has 6 nitrogen and oxygen atoms in total. The molecule has 0 unspecified atom stereocenters. The number of anilines is 1. The van der Waals surface area contributed by atoms with Gasteiger partial charge in [-0.15, -0.1) is 0 Å². The van der Waals surface area contributed by atoms with Gasteiger partial charge in [0, 0.05) is 25.6 Å². The van der Waals surface area contributed by atoms with Crippen molar-refractivity contribution in [2.24, 2.45) is 0 Å². The highest BCUT2D eigenvalue weighted by atomic mass is 16.5. The first-order chi connectivity index (χ1) is 9.42. The fraction of sp³-hybridized carbons (Fsp3) is 0.714. The van der Waals surface area contributed by atoms with Crippen LogP contribution in [0, 0.1) is 0 Å². The van der Waals surface area contributed by atoms with Gasteiger partial charge in [0.2, 0.25) is 0 Å². The van der Waals surface area contributed by atoms with E-state index < -0.39 is 5.97 Å². The minimum Gasteiger partial charge on any atom is -0.461 e. The molecule has 0 aliphatic heterocycles. The predicted molar refractivity (Wildman–Crippen MR) is 79.7 cm³/mol. The van der Waals surface area contributed by atoms with E-state index in [1.165, 1.54) is 0 Å². The molecule has 0 aliphatic carbocycles. The summed E-state index contributed by atoms with van der Waals surface area (Å²) in [4.78, 5) is 18.3. The zero-order chi connectivity index (χ0) is 15.3. The van der Waals surface area contributed by atoms with Crippen LogP contribution in [-0.4, -0.2) is 46.7 Å². The highest BCUT2D eigenvalue weighted by molar-refractivity contribution is 5.92. The van der Waals surface area contributed by atoms with Gasteiger partial charge in [0.1, 0.15) is 11.6 Å². The van der Waals surface area contributed by atoms with Crippen molar-refractivity contribution in [1.82, 2.24) is 14.5 Å². The number of aromatic nitrogens is 2. The van der Waals surface area contributed by atoms with Crippen molar-refractivity contribution in [3.05, 3.63) is 11.5 Å². The Kier molecular flexibility index (Phi) is 6.01. The van der Waals surface area contributed by atoms with E-state index in [2.05, 4.69) is 30.8 Å². The maximum Gasteiger partial charge on any atom is 0.360 e. The van der Waals surface area contributed by atoms with Crippen molar-refractivity contribution >= 4 is 11.8 Å². The summed E-state index contributed by atoms with van der Waals surface area (Å²) in [5.41, 5.74) is 6.29.